The molecule has 0 atom stereocenters. The Bertz CT molecular complexity index is 904. The fraction of sp³-hybridized carbons (Fsp3) is 0.500. The molecule has 0 saturated heterocycles. The summed E-state index contributed by atoms with van der Waals surface area (Å²) in [6.45, 7) is 1.86. The molecule has 1 aliphatic carbocycles. The van der Waals surface area contributed by atoms with Gasteiger partial charge >= 0.3 is 0 Å². The summed E-state index contributed by atoms with van der Waals surface area (Å²) >= 11 is 0. The van der Waals surface area contributed by atoms with Gasteiger partial charge in [0.1, 0.15) is 17.5 Å². The maximum atomic E-state index is 11.9. The van der Waals surface area contributed by atoms with Crippen LogP contribution in [0.15, 0.2) is 5.03 Å². The molecule has 116 valence electrons. The molecule has 0 amide bonds. The van der Waals surface area contributed by atoms with Crippen molar-refractivity contribution >= 4 is 21.3 Å². The van der Waals surface area contributed by atoms with Gasteiger partial charge in [-0.05, 0) is 19.3 Å². The van der Waals surface area contributed by atoms with Crippen molar-refractivity contribution in [2.24, 2.45) is 5.92 Å². The molecule has 0 bridgehead atoms. The number of fused-ring (bicyclic) bond motifs is 1. The monoisotopic (exact) mass is 319 g/mol. The largest absolute Gasteiger partial charge is 0.382 e. The van der Waals surface area contributed by atoms with Gasteiger partial charge in [0.2, 0.25) is 0 Å². The third-order valence-electron chi connectivity index (χ3n) is 4.24. The Kier molecular flexibility index (Phi) is 3.33. The third kappa shape index (κ3) is 2.22. The van der Waals surface area contributed by atoms with Crippen molar-refractivity contribution in [3.05, 3.63) is 16.8 Å². The number of hydrogen-bond donors (Lipinski definition) is 1. The Hall–Kier alpha value is -2.14. The van der Waals surface area contributed by atoms with Crippen LogP contribution in [0, 0.1) is 24.2 Å². The van der Waals surface area contributed by atoms with E-state index >= 15 is 0 Å². The number of nitrogen functional groups attached to an aromatic ring is 1. The molecule has 0 radical (unpaired) electrons. The third-order valence-corrected chi connectivity index (χ3v) is 5.24. The molecule has 7 nitrogen and oxygen atoms in total. The summed E-state index contributed by atoms with van der Waals surface area (Å²) in [5, 5.41) is 13.3. The number of sulfone groups is 1. The molecule has 8 heteroatoms. The highest BCUT2D eigenvalue weighted by molar-refractivity contribution is 7.90. The van der Waals surface area contributed by atoms with Crippen LogP contribution in [0.1, 0.15) is 36.1 Å². The van der Waals surface area contributed by atoms with E-state index in [9.17, 15) is 13.7 Å². The van der Waals surface area contributed by atoms with Crippen LogP contribution in [0.5, 0.6) is 0 Å². The van der Waals surface area contributed by atoms with E-state index in [1.54, 1.807) is 0 Å². The molecule has 0 aliphatic heterocycles. The lowest BCUT2D eigenvalue weighted by molar-refractivity contribution is 0.314. The quantitative estimate of drug-likeness (QED) is 0.851. The van der Waals surface area contributed by atoms with E-state index in [0.29, 0.717) is 11.6 Å². The number of aromatic nitrogens is 3. The van der Waals surface area contributed by atoms with Gasteiger partial charge in [0.15, 0.2) is 20.5 Å². The van der Waals surface area contributed by atoms with Crippen molar-refractivity contribution in [2.75, 3.05) is 12.0 Å². The van der Waals surface area contributed by atoms with Crippen molar-refractivity contribution in [2.45, 2.75) is 37.6 Å². The van der Waals surface area contributed by atoms with Crippen LogP contribution in [0.4, 0.5) is 5.82 Å². The second-order valence-corrected chi connectivity index (χ2v) is 7.79. The zero-order valence-corrected chi connectivity index (χ0v) is 13.3. The fourth-order valence-corrected chi connectivity index (χ4v) is 3.57. The number of nitrogens with two attached hydrogens (primary N) is 1. The molecule has 0 unspecified atom stereocenters. The Morgan fingerprint density at radius 2 is 2.14 bits per heavy atom. The van der Waals surface area contributed by atoms with Crippen molar-refractivity contribution < 1.29 is 8.42 Å². The van der Waals surface area contributed by atoms with Gasteiger partial charge in [0.25, 0.3) is 0 Å². The lowest BCUT2D eigenvalue weighted by atomic mass is 9.81. The first kappa shape index (κ1) is 14.8. The summed E-state index contributed by atoms with van der Waals surface area (Å²) in [5.41, 5.74) is 7.96. The first-order valence-electron chi connectivity index (χ1n) is 7.10. The molecule has 2 heterocycles. The minimum atomic E-state index is -3.64. The minimum absolute atomic E-state index is 0.0240. The number of anilines is 1. The highest BCUT2D eigenvalue weighted by Crippen LogP contribution is 2.33. The smallest absolute Gasteiger partial charge is 0.194 e. The van der Waals surface area contributed by atoms with Gasteiger partial charge in [-0.2, -0.15) is 14.9 Å². The molecule has 22 heavy (non-hydrogen) atoms. The van der Waals surface area contributed by atoms with E-state index in [1.807, 2.05) is 13.0 Å². The number of hydrogen-bond acceptors (Lipinski definition) is 6. The van der Waals surface area contributed by atoms with Gasteiger partial charge in [-0.25, -0.2) is 13.4 Å². The van der Waals surface area contributed by atoms with E-state index in [2.05, 4.69) is 10.1 Å². The van der Waals surface area contributed by atoms with Crippen molar-refractivity contribution in [1.82, 2.24) is 14.6 Å². The van der Waals surface area contributed by atoms with Gasteiger partial charge in [0, 0.05) is 11.8 Å². The predicted molar refractivity (Wildman–Crippen MR) is 81.0 cm³/mol. The second kappa shape index (κ2) is 4.95. The van der Waals surface area contributed by atoms with E-state index in [4.69, 9.17) is 5.73 Å². The van der Waals surface area contributed by atoms with Crippen LogP contribution in [0.2, 0.25) is 0 Å². The molecule has 1 aliphatic rings. The molecule has 0 aromatic carbocycles. The average molecular weight is 319 g/mol. The standard InChI is InChI=1S/C14H17N5O2S/c1-8-10(6-9-4-3-5-9)13-17-14(22(2,20)21)11(7-15)12(16)19(13)18-8/h9H,3-6,16H2,1-2H3. The maximum Gasteiger partial charge on any atom is 0.194 e. The number of nitrogens with zero attached hydrogens (tertiary/aromatic N) is 4. The van der Waals surface area contributed by atoms with Gasteiger partial charge in [0.05, 0.1) is 5.69 Å². The molecule has 2 N–H and O–H groups in total. The van der Waals surface area contributed by atoms with Crippen LogP contribution in [0.25, 0.3) is 5.65 Å². The summed E-state index contributed by atoms with van der Waals surface area (Å²) in [4.78, 5) is 4.22. The highest BCUT2D eigenvalue weighted by atomic mass is 32.2. The summed E-state index contributed by atoms with van der Waals surface area (Å²) in [6, 6.07) is 1.83. The van der Waals surface area contributed by atoms with E-state index in [0.717, 1.165) is 23.9 Å². The van der Waals surface area contributed by atoms with Crippen LogP contribution in [0.3, 0.4) is 0 Å². The second-order valence-electron chi connectivity index (χ2n) is 5.86. The maximum absolute atomic E-state index is 11.9. The van der Waals surface area contributed by atoms with E-state index in [1.165, 1.54) is 23.8 Å². The first-order chi connectivity index (χ1) is 10.3. The normalized spacial score (nSPS) is 15.7. The molecule has 1 saturated carbocycles. The van der Waals surface area contributed by atoms with Crippen molar-refractivity contribution in [3.63, 3.8) is 0 Å². The Balaban J connectivity index is 2.29. The Morgan fingerprint density at radius 1 is 1.45 bits per heavy atom. The molecule has 0 spiro atoms. The van der Waals surface area contributed by atoms with Crippen LogP contribution >= 0.6 is 0 Å². The molecule has 1 fully saturated rings. The Labute approximate surface area is 128 Å². The minimum Gasteiger partial charge on any atom is -0.382 e. The highest BCUT2D eigenvalue weighted by Gasteiger charge is 2.26. The lowest BCUT2D eigenvalue weighted by Gasteiger charge is -2.24. The summed E-state index contributed by atoms with van der Waals surface area (Å²) in [7, 11) is -3.64. The van der Waals surface area contributed by atoms with Gasteiger partial charge in [-0.1, -0.05) is 19.3 Å². The zero-order chi connectivity index (χ0) is 16.1. The van der Waals surface area contributed by atoms with Crippen molar-refractivity contribution in [1.29, 1.82) is 5.26 Å². The van der Waals surface area contributed by atoms with Crippen LogP contribution in [-0.4, -0.2) is 29.3 Å². The summed E-state index contributed by atoms with van der Waals surface area (Å²) in [6.07, 6.45) is 5.41. The number of rotatable bonds is 3. The molecule has 3 rings (SSSR count). The Morgan fingerprint density at radius 3 is 2.64 bits per heavy atom. The topological polar surface area (TPSA) is 114 Å². The molecular weight excluding hydrogens is 302 g/mol. The van der Waals surface area contributed by atoms with Gasteiger partial charge in [-0.3, -0.25) is 0 Å². The van der Waals surface area contributed by atoms with E-state index in [-0.39, 0.29) is 16.4 Å². The summed E-state index contributed by atoms with van der Waals surface area (Å²) in [5.74, 6) is 0.614. The summed E-state index contributed by atoms with van der Waals surface area (Å²) < 4.78 is 25.2. The zero-order valence-electron chi connectivity index (χ0n) is 12.5. The van der Waals surface area contributed by atoms with Crippen molar-refractivity contribution in [3.8, 4) is 6.07 Å². The van der Waals surface area contributed by atoms with Gasteiger partial charge in [-0.15, -0.1) is 0 Å². The molecular formula is C14H17N5O2S. The average Bonchev–Trinajstić information content (AvgIpc) is 2.69. The fourth-order valence-electron chi connectivity index (χ4n) is 2.80. The SMILES string of the molecule is Cc1nn2c(N)c(C#N)c(S(C)(=O)=O)nc2c1CC1CCC1. The number of nitriles is 1. The lowest BCUT2D eigenvalue weighted by Crippen LogP contribution is -2.15. The van der Waals surface area contributed by atoms with Crippen LogP contribution in [-0.2, 0) is 16.3 Å². The van der Waals surface area contributed by atoms with E-state index < -0.39 is 9.84 Å². The number of aryl methyl sites for hydroxylation is 1. The predicted octanol–water partition coefficient (Wildman–Crippen LogP) is 1.24. The molecule has 2 aromatic heterocycles. The first-order valence-corrected chi connectivity index (χ1v) is 9.00. The van der Waals surface area contributed by atoms with Crippen LogP contribution < -0.4 is 5.73 Å². The molecule has 2 aromatic rings. The van der Waals surface area contributed by atoms with Gasteiger partial charge < -0.3 is 5.73 Å².